The van der Waals surface area contributed by atoms with Crippen molar-refractivity contribution < 1.29 is 9.53 Å². The van der Waals surface area contributed by atoms with Gasteiger partial charge in [-0.05, 0) is 50.4 Å². The highest BCUT2D eigenvalue weighted by molar-refractivity contribution is 5.92. The van der Waals surface area contributed by atoms with Crippen LogP contribution in [0.2, 0.25) is 0 Å². The van der Waals surface area contributed by atoms with Gasteiger partial charge in [-0.2, -0.15) is 0 Å². The van der Waals surface area contributed by atoms with Crippen LogP contribution in [0.3, 0.4) is 0 Å². The summed E-state index contributed by atoms with van der Waals surface area (Å²) in [5.41, 5.74) is 1.79. The van der Waals surface area contributed by atoms with Gasteiger partial charge < -0.3 is 9.64 Å². The van der Waals surface area contributed by atoms with Crippen LogP contribution in [-0.4, -0.2) is 59.1 Å². The second-order valence-corrected chi connectivity index (χ2v) is 8.09. The first-order valence-corrected chi connectivity index (χ1v) is 10.2. The minimum atomic E-state index is -0.0885. The molecular weight excluding hydrogens is 350 g/mol. The van der Waals surface area contributed by atoms with Crippen LogP contribution in [0.1, 0.15) is 41.7 Å². The third kappa shape index (κ3) is 4.26. The first-order valence-electron chi connectivity index (χ1n) is 10.2. The highest BCUT2D eigenvalue weighted by atomic mass is 16.5. The quantitative estimate of drug-likeness (QED) is 0.817. The minimum Gasteiger partial charge on any atom is -0.375 e. The van der Waals surface area contributed by atoms with Gasteiger partial charge in [0.25, 0.3) is 5.91 Å². The summed E-state index contributed by atoms with van der Waals surface area (Å²) < 4.78 is 6.29. The van der Waals surface area contributed by atoms with Gasteiger partial charge in [0.15, 0.2) is 0 Å². The molecule has 4 rings (SSSR count). The van der Waals surface area contributed by atoms with E-state index in [0.29, 0.717) is 11.7 Å². The number of amides is 1. The van der Waals surface area contributed by atoms with Crippen molar-refractivity contribution in [1.29, 1.82) is 0 Å². The van der Waals surface area contributed by atoms with Crippen molar-refractivity contribution in [2.75, 3.05) is 26.7 Å². The molecule has 0 aliphatic carbocycles. The lowest BCUT2D eigenvalue weighted by molar-refractivity contribution is -0.128. The topological polar surface area (TPSA) is 45.7 Å². The Bertz CT molecular complexity index is 773. The van der Waals surface area contributed by atoms with E-state index in [1.807, 2.05) is 17.0 Å². The molecule has 1 aromatic heterocycles. The van der Waals surface area contributed by atoms with E-state index in [1.165, 1.54) is 5.56 Å². The molecule has 2 aliphatic heterocycles. The number of rotatable bonds is 4. The van der Waals surface area contributed by atoms with Gasteiger partial charge in [0, 0.05) is 38.5 Å². The fraction of sp³-hybridized carbons (Fsp3) is 0.478. The Morgan fingerprint density at radius 1 is 1.18 bits per heavy atom. The molecule has 2 aliphatic rings. The summed E-state index contributed by atoms with van der Waals surface area (Å²) >= 11 is 0. The van der Waals surface area contributed by atoms with Crippen LogP contribution in [-0.2, 0) is 11.3 Å². The van der Waals surface area contributed by atoms with Gasteiger partial charge in [-0.1, -0.05) is 36.4 Å². The van der Waals surface area contributed by atoms with E-state index >= 15 is 0 Å². The fourth-order valence-electron chi connectivity index (χ4n) is 4.50. The Kier molecular flexibility index (Phi) is 5.74. The molecule has 5 nitrogen and oxygen atoms in total. The highest BCUT2D eigenvalue weighted by Crippen LogP contribution is 2.37. The molecule has 1 spiro atoms. The van der Waals surface area contributed by atoms with Crippen molar-refractivity contribution >= 4 is 5.91 Å². The summed E-state index contributed by atoms with van der Waals surface area (Å²) in [6.07, 6.45) is 5.60. The average molecular weight is 380 g/mol. The van der Waals surface area contributed by atoms with Crippen LogP contribution in [0.5, 0.6) is 0 Å². The Balaban J connectivity index is 1.35. The Labute approximate surface area is 167 Å². The van der Waals surface area contributed by atoms with E-state index in [9.17, 15) is 4.79 Å². The van der Waals surface area contributed by atoms with Gasteiger partial charge in [0.1, 0.15) is 5.69 Å². The van der Waals surface area contributed by atoms with Gasteiger partial charge in [-0.3, -0.25) is 14.7 Å². The molecule has 2 fully saturated rings. The molecule has 28 heavy (non-hydrogen) atoms. The van der Waals surface area contributed by atoms with Crippen LogP contribution in [0.4, 0.5) is 0 Å². The molecule has 0 N–H and O–H groups in total. The van der Waals surface area contributed by atoms with E-state index in [4.69, 9.17) is 4.74 Å². The summed E-state index contributed by atoms with van der Waals surface area (Å²) in [5.74, 6) is 0.0315. The Morgan fingerprint density at radius 2 is 1.93 bits per heavy atom. The fourth-order valence-corrected chi connectivity index (χ4v) is 4.50. The predicted molar refractivity (Wildman–Crippen MR) is 109 cm³/mol. The number of nitrogens with zero attached hydrogens (tertiary/aromatic N) is 3. The van der Waals surface area contributed by atoms with Crippen molar-refractivity contribution in [2.45, 2.75) is 43.9 Å². The zero-order chi connectivity index (χ0) is 19.4. The largest absolute Gasteiger partial charge is 0.375 e. The summed E-state index contributed by atoms with van der Waals surface area (Å²) in [6, 6.07) is 16.7. The maximum atomic E-state index is 12.7. The lowest BCUT2D eigenvalue weighted by Crippen LogP contribution is -2.54. The molecule has 0 radical (unpaired) electrons. The van der Waals surface area contributed by atoms with Crippen LogP contribution < -0.4 is 0 Å². The third-order valence-electron chi connectivity index (χ3n) is 6.21. The van der Waals surface area contributed by atoms with Crippen molar-refractivity contribution in [1.82, 2.24) is 14.8 Å². The number of pyridine rings is 1. The van der Waals surface area contributed by atoms with E-state index in [1.54, 1.807) is 12.3 Å². The van der Waals surface area contributed by atoms with E-state index in [2.05, 4.69) is 47.3 Å². The molecule has 1 amide bonds. The molecule has 0 unspecified atom stereocenters. The average Bonchev–Trinajstić information content (AvgIpc) is 2.75. The maximum absolute atomic E-state index is 12.7. The standard InChI is InChI=1S/C23H29N3O2/c1-25(18-19-7-3-2-4-8-19)20-10-16-28-23(17-20)11-14-26(15-12-23)22(27)21-9-5-6-13-24-21/h2-9,13,20H,10-12,14-18H2,1H3/t20-/m0/s1. The Morgan fingerprint density at radius 3 is 2.64 bits per heavy atom. The normalized spacial score (nSPS) is 21.8. The molecular formula is C23H29N3O2. The van der Waals surface area contributed by atoms with Gasteiger partial charge in [-0.15, -0.1) is 0 Å². The number of piperidine rings is 1. The molecule has 1 atom stereocenters. The molecule has 0 bridgehead atoms. The van der Waals surface area contributed by atoms with E-state index in [-0.39, 0.29) is 11.5 Å². The van der Waals surface area contributed by atoms with Crippen molar-refractivity contribution in [3.8, 4) is 0 Å². The monoisotopic (exact) mass is 379 g/mol. The molecule has 1 aromatic carbocycles. The number of carbonyl (C=O) groups excluding carboxylic acids is 1. The lowest BCUT2D eigenvalue weighted by Gasteiger charge is -2.48. The zero-order valence-corrected chi connectivity index (χ0v) is 16.6. The van der Waals surface area contributed by atoms with Gasteiger partial charge >= 0.3 is 0 Å². The molecule has 0 saturated carbocycles. The summed E-state index contributed by atoms with van der Waals surface area (Å²) in [4.78, 5) is 21.3. The van der Waals surface area contributed by atoms with Crippen LogP contribution in [0, 0.1) is 0 Å². The summed E-state index contributed by atoms with van der Waals surface area (Å²) in [6.45, 7) is 3.25. The number of carbonyl (C=O) groups is 1. The maximum Gasteiger partial charge on any atom is 0.272 e. The second kappa shape index (κ2) is 8.41. The van der Waals surface area contributed by atoms with Crippen molar-refractivity contribution in [3.63, 3.8) is 0 Å². The van der Waals surface area contributed by atoms with Crippen molar-refractivity contribution in [3.05, 3.63) is 66.0 Å². The molecule has 2 aromatic rings. The zero-order valence-electron chi connectivity index (χ0n) is 16.6. The SMILES string of the molecule is CN(Cc1ccccc1)[C@H]1CCOC2(CCN(C(=O)c3ccccn3)CC2)C1. The molecule has 2 saturated heterocycles. The number of aromatic nitrogens is 1. The van der Waals surface area contributed by atoms with Crippen LogP contribution >= 0.6 is 0 Å². The lowest BCUT2D eigenvalue weighted by atomic mass is 9.81. The Hall–Kier alpha value is -2.24. The minimum absolute atomic E-state index is 0.0315. The number of likely N-dealkylation sites (tertiary alicyclic amines) is 1. The predicted octanol–water partition coefficient (Wildman–Crippen LogP) is 3.37. The summed E-state index contributed by atoms with van der Waals surface area (Å²) in [7, 11) is 2.22. The number of hydrogen-bond donors (Lipinski definition) is 0. The molecule has 5 heteroatoms. The van der Waals surface area contributed by atoms with Gasteiger partial charge in [0.2, 0.25) is 0 Å². The first kappa shape index (κ1) is 19.1. The number of hydrogen-bond acceptors (Lipinski definition) is 4. The third-order valence-corrected chi connectivity index (χ3v) is 6.21. The smallest absolute Gasteiger partial charge is 0.272 e. The number of benzene rings is 1. The van der Waals surface area contributed by atoms with Gasteiger partial charge in [0.05, 0.1) is 5.60 Å². The van der Waals surface area contributed by atoms with E-state index < -0.39 is 0 Å². The number of ether oxygens (including phenoxy) is 1. The second-order valence-electron chi connectivity index (χ2n) is 8.09. The van der Waals surface area contributed by atoms with Crippen molar-refractivity contribution in [2.24, 2.45) is 0 Å². The van der Waals surface area contributed by atoms with Crippen LogP contribution in [0.25, 0.3) is 0 Å². The molecule has 148 valence electrons. The van der Waals surface area contributed by atoms with E-state index in [0.717, 1.165) is 51.9 Å². The van der Waals surface area contributed by atoms with Crippen LogP contribution in [0.15, 0.2) is 54.7 Å². The summed E-state index contributed by atoms with van der Waals surface area (Å²) in [5, 5.41) is 0. The molecule has 3 heterocycles. The van der Waals surface area contributed by atoms with Gasteiger partial charge in [-0.25, -0.2) is 0 Å². The highest BCUT2D eigenvalue weighted by Gasteiger charge is 2.42. The first-order chi connectivity index (χ1) is 13.7.